The largest absolute Gasteiger partial charge is 0.294 e. The average molecular weight is 323 g/mol. The normalized spacial score (nSPS) is 15.8. The van der Waals surface area contributed by atoms with Crippen LogP contribution >= 0.6 is 0 Å². The van der Waals surface area contributed by atoms with Gasteiger partial charge in [0.25, 0.3) is 5.69 Å². The molecule has 0 aromatic heterocycles. The number of hydrogen-bond acceptors (Lipinski definition) is 6. The summed E-state index contributed by atoms with van der Waals surface area (Å²) in [4.78, 5) is 33.7. The first-order valence-corrected chi connectivity index (χ1v) is 8.36. The summed E-state index contributed by atoms with van der Waals surface area (Å²) in [5.74, 6) is -0.699. The third kappa shape index (κ3) is 3.28. The maximum atomic E-state index is 11.8. The summed E-state index contributed by atoms with van der Waals surface area (Å²) < 4.78 is 22.9. The number of nitro groups is 1. The molecule has 0 saturated heterocycles. The monoisotopic (exact) mass is 323 g/mol. The molecule has 116 valence electrons. The van der Waals surface area contributed by atoms with Crippen LogP contribution in [0.25, 0.3) is 6.08 Å². The zero-order chi connectivity index (χ0) is 16.5. The fourth-order valence-electron chi connectivity index (χ4n) is 2.19. The minimum Gasteiger partial charge on any atom is -0.294 e. The van der Waals surface area contributed by atoms with E-state index in [0.717, 1.165) is 12.3 Å². The number of nitro benzene ring substituents is 1. The van der Waals surface area contributed by atoms with Gasteiger partial charge in [0.2, 0.25) is 0 Å². The van der Waals surface area contributed by atoms with Gasteiger partial charge in [-0.25, -0.2) is 8.42 Å². The number of sulfone groups is 1. The lowest BCUT2D eigenvalue weighted by Gasteiger charge is -2.11. The molecular formula is C14H13NO6S. The first-order valence-electron chi connectivity index (χ1n) is 6.47. The summed E-state index contributed by atoms with van der Waals surface area (Å²) in [6, 6.07) is 3.38. The Labute approximate surface area is 126 Å². The van der Waals surface area contributed by atoms with Crippen molar-refractivity contribution >= 4 is 33.2 Å². The fourth-order valence-corrected chi connectivity index (χ4v) is 2.83. The first kappa shape index (κ1) is 16.0. The van der Waals surface area contributed by atoms with Gasteiger partial charge in [-0.1, -0.05) is 0 Å². The Bertz CT molecular complexity index is 789. The lowest BCUT2D eigenvalue weighted by Crippen LogP contribution is -2.18. The number of benzene rings is 1. The number of allylic oxidation sites excluding steroid dienone is 1. The van der Waals surface area contributed by atoms with Gasteiger partial charge in [-0.2, -0.15) is 0 Å². The molecule has 0 N–H and O–H groups in total. The van der Waals surface area contributed by atoms with Gasteiger partial charge in [0.1, 0.15) is 0 Å². The van der Waals surface area contributed by atoms with Crippen LogP contribution in [0.4, 0.5) is 5.69 Å². The van der Waals surface area contributed by atoms with Crippen LogP contribution in [0.5, 0.6) is 0 Å². The molecular weight excluding hydrogens is 310 g/mol. The quantitative estimate of drug-likeness (QED) is 0.362. The lowest BCUT2D eigenvalue weighted by molar-refractivity contribution is -0.385. The molecule has 2 rings (SSSR count). The Morgan fingerprint density at radius 2 is 1.77 bits per heavy atom. The highest BCUT2D eigenvalue weighted by Crippen LogP contribution is 2.27. The zero-order valence-corrected chi connectivity index (χ0v) is 12.6. The summed E-state index contributed by atoms with van der Waals surface area (Å²) >= 11 is 0. The Kier molecular flexibility index (Phi) is 4.23. The molecule has 1 aliphatic rings. The van der Waals surface area contributed by atoms with Gasteiger partial charge in [0, 0.05) is 25.2 Å². The van der Waals surface area contributed by atoms with Crippen LogP contribution < -0.4 is 0 Å². The first-order chi connectivity index (χ1) is 10.2. The Morgan fingerprint density at radius 1 is 1.18 bits per heavy atom. The van der Waals surface area contributed by atoms with E-state index in [1.165, 1.54) is 18.2 Å². The highest BCUT2D eigenvalue weighted by Gasteiger charge is 2.25. The summed E-state index contributed by atoms with van der Waals surface area (Å²) in [5.41, 5.74) is -0.487. The smallest absolute Gasteiger partial charge is 0.277 e. The van der Waals surface area contributed by atoms with Crippen LogP contribution in [0.2, 0.25) is 0 Å². The molecule has 8 heteroatoms. The predicted molar refractivity (Wildman–Crippen MR) is 78.0 cm³/mol. The van der Waals surface area contributed by atoms with Gasteiger partial charge in [0.05, 0.1) is 21.0 Å². The van der Waals surface area contributed by atoms with Crippen molar-refractivity contribution in [1.82, 2.24) is 0 Å². The van der Waals surface area contributed by atoms with Gasteiger partial charge < -0.3 is 0 Å². The summed E-state index contributed by atoms with van der Waals surface area (Å²) in [7, 11) is -3.59. The molecule has 1 fully saturated rings. The maximum Gasteiger partial charge on any atom is 0.277 e. The molecule has 1 aromatic carbocycles. The Morgan fingerprint density at radius 3 is 2.27 bits per heavy atom. The number of nitrogens with zero attached hydrogens (tertiary/aromatic N) is 1. The van der Waals surface area contributed by atoms with E-state index in [2.05, 4.69) is 0 Å². The Balaban J connectivity index is 2.58. The van der Waals surface area contributed by atoms with Crippen molar-refractivity contribution in [2.24, 2.45) is 0 Å². The minimum absolute atomic E-state index is 0.0380. The number of carbonyl (C=O) groups excluding carboxylic acids is 2. The third-order valence-electron chi connectivity index (χ3n) is 3.34. The van der Waals surface area contributed by atoms with Crippen LogP contribution in [0.3, 0.4) is 0 Å². The minimum atomic E-state index is -3.59. The second-order valence-electron chi connectivity index (χ2n) is 5.01. The van der Waals surface area contributed by atoms with Crippen LogP contribution in [0, 0.1) is 10.1 Å². The van der Waals surface area contributed by atoms with Gasteiger partial charge in [0.15, 0.2) is 21.4 Å². The molecule has 0 radical (unpaired) electrons. The van der Waals surface area contributed by atoms with Crippen molar-refractivity contribution in [2.45, 2.75) is 24.2 Å². The van der Waals surface area contributed by atoms with Crippen molar-refractivity contribution in [3.8, 4) is 0 Å². The number of ketones is 2. The molecule has 22 heavy (non-hydrogen) atoms. The van der Waals surface area contributed by atoms with Crippen LogP contribution in [-0.4, -0.2) is 31.2 Å². The lowest BCUT2D eigenvalue weighted by atomic mass is 9.90. The van der Waals surface area contributed by atoms with E-state index in [1.54, 1.807) is 0 Å². The fraction of sp³-hybridized carbons (Fsp3) is 0.286. The summed E-state index contributed by atoms with van der Waals surface area (Å²) in [6.45, 7) is 0. The molecule has 1 aliphatic carbocycles. The number of hydrogen-bond donors (Lipinski definition) is 0. The van der Waals surface area contributed by atoms with E-state index in [1.807, 2.05) is 0 Å². The van der Waals surface area contributed by atoms with Gasteiger partial charge in [-0.05, 0) is 24.6 Å². The van der Waals surface area contributed by atoms with Crippen molar-refractivity contribution < 1.29 is 22.9 Å². The van der Waals surface area contributed by atoms with E-state index in [9.17, 15) is 28.1 Å². The van der Waals surface area contributed by atoms with Gasteiger partial charge in [-0.3, -0.25) is 19.7 Å². The Hall–Kier alpha value is -2.35. The highest BCUT2D eigenvalue weighted by atomic mass is 32.2. The summed E-state index contributed by atoms with van der Waals surface area (Å²) in [5, 5.41) is 11.1. The number of carbonyl (C=O) groups is 2. The predicted octanol–water partition coefficient (Wildman–Crippen LogP) is 1.70. The van der Waals surface area contributed by atoms with E-state index in [0.29, 0.717) is 6.42 Å². The van der Waals surface area contributed by atoms with Crippen molar-refractivity contribution in [2.75, 3.05) is 6.26 Å². The number of rotatable bonds is 3. The molecule has 7 nitrogen and oxygen atoms in total. The SMILES string of the molecule is CS(=O)(=O)c1ccc(C=C2C(=O)CCCC2=O)c([N+](=O)[O-])c1. The molecule has 1 saturated carbocycles. The van der Waals surface area contributed by atoms with Crippen LogP contribution in [0.15, 0.2) is 28.7 Å². The number of Topliss-reactive ketones (excluding diaryl/α,β-unsaturated/α-hetero) is 2. The highest BCUT2D eigenvalue weighted by molar-refractivity contribution is 7.90. The van der Waals surface area contributed by atoms with E-state index < -0.39 is 20.4 Å². The maximum absolute atomic E-state index is 11.8. The second kappa shape index (κ2) is 5.80. The average Bonchev–Trinajstić information content (AvgIpc) is 2.42. The molecule has 0 amide bonds. The standard InChI is InChI=1S/C14H13NO6S/c1-22(20,21)10-6-5-9(12(8-10)15(18)19)7-11-13(16)3-2-4-14(11)17/h5-8H,2-4H2,1H3. The van der Waals surface area contributed by atoms with Crippen molar-refractivity contribution in [3.63, 3.8) is 0 Å². The van der Waals surface area contributed by atoms with Gasteiger partial charge >= 0.3 is 0 Å². The molecule has 0 spiro atoms. The topological polar surface area (TPSA) is 111 Å². The molecule has 0 heterocycles. The van der Waals surface area contributed by atoms with Crippen molar-refractivity contribution in [3.05, 3.63) is 39.4 Å². The molecule has 0 unspecified atom stereocenters. The van der Waals surface area contributed by atoms with Crippen LogP contribution in [0.1, 0.15) is 24.8 Å². The molecule has 0 bridgehead atoms. The second-order valence-corrected chi connectivity index (χ2v) is 7.02. The molecule has 1 aromatic rings. The van der Waals surface area contributed by atoms with E-state index in [4.69, 9.17) is 0 Å². The van der Waals surface area contributed by atoms with Gasteiger partial charge in [-0.15, -0.1) is 0 Å². The summed E-state index contributed by atoms with van der Waals surface area (Å²) in [6.07, 6.45) is 3.05. The third-order valence-corrected chi connectivity index (χ3v) is 4.45. The van der Waals surface area contributed by atoms with Crippen molar-refractivity contribution in [1.29, 1.82) is 0 Å². The molecule has 0 aliphatic heterocycles. The molecule has 0 atom stereocenters. The zero-order valence-electron chi connectivity index (χ0n) is 11.7. The van der Waals surface area contributed by atoms with Crippen LogP contribution in [-0.2, 0) is 19.4 Å². The van der Waals surface area contributed by atoms with E-state index in [-0.39, 0.29) is 40.4 Å². The van der Waals surface area contributed by atoms with E-state index >= 15 is 0 Å².